The number of piperidine rings is 2. The zero-order valence-corrected chi connectivity index (χ0v) is 22.4. The van der Waals surface area contributed by atoms with Crippen molar-refractivity contribution in [3.05, 3.63) is 40.3 Å². The van der Waals surface area contributed by atoms with Gasteiger partial charge in [0.15, 0.2) is 5.69 Å². The van der Waals surface area contributed by atoms with Gasteiger partial charge in [0.25, 0.3) is 5.56 Å². The first-order chi connectivity index (χ1) is 18.5. The topological polar surface area (TPSA) is 97.0 Å². The highest BCUT2D eigenvalue weighted by Gasteiger charge is 2.45. The van der Waals surface area contributed by atoms with Crippen molar-refractivity contribution in [1.82, 2.24) is 14.5 Å². The first kappa shape index (κ1) is 25.5. The Hall–Kier alpha value is -2.74. The SMILES string of the molecule is C/C(=N\OCC(=O)O)c1nc2ccccc2n([C@H]2C[C@H]3CCC[C@@H](C2)N3C2CC3CCCCC(C3)C2)c1=O. The molecular formula is C30H40N4O4. The van der Waals surface area contributed by atoms with Gasteiger partial charge in [-0.3, -0.25) is 9.69 Å². The fourth-order valence-corrected chi connectivity index (χ4v) is 8.29. The Bertz CT molecular complexity index is 1240. The molecule has 2 unspecified atom stereocenters. The fraction of sp³-hybridized carbons (Fsp3) is 0.667. The van der Waals surface area contributed by atoms with Crippen LogP contribution in [-0.2, 0) is 9.63 Å². The van der Waals surface area contributed by atoms with Crippen LogP contribution < -0.4 is 5.56 Å². The molecule has 2 aliphatic carbocycles. The van der Waals surface area contributed by atoms with Gasteiger partial charge in [-0.05, 0) is 75.8 Å². The maximum Gasteiger partial charge on any atom is 0.344 e. The van der Waals surface area contributed by atoms with Gasteiger partial charge in [-0.25, -0.2) is 9.78 Å². The molecule has 4 aliphatic rings. The molecule has 0 spiro atoms. The summed E-state index contributed by atoms with van der Waals surface area (Å²) in [5, 5.41) is 12.8. The molecule has 2 saturated heterocycles. The second-order valence-electron chi connectivity index (χ2n) is 12.2. The Morgan fingerprint density at radius 3 is 2.32 bits per heavy atom. The molecule has 8 heteroatoms. The van der Waals surface area contributed by atoms with Crippen molar-refractivity contribution in [2.75, 3.05) is 6.61 Å². The van der Waals surface area contributed by atoms with Crippen LogP contribution in [0, 0.1) is 11.8 Å². The molecule has 0 amide bonds. The van der Waals surface area contributed by atoms with Crippen molar-refractivity contribution < 1.29 is 14.7 Å². The van der Waals surface area contributed by atoms with Crippen molar-refractivity contribution in [1.29, 1.82) is 0 Å². The highest BCUT2D eigenvalue weighted by atomic mass is 16.6. The zero-order valence-electron chi connectivity index (χ0n) is 22.4. The van der Waals surface area contributed by atoms with E-state index in [1.54, 1.807) is 6.92 Å². The fourth-order valence-electron chi connectivity index (χ4n) is 8.29. The molecule has 2 aliphatic heterocycles. The molecule has 2 aromatic rings. The summed E-state index contributed by atoms with van der Waals surface area (Å²) in [6.07, 6.45) is 15.5. The van der Waals surface area contributed by atoms with Crippen LogP contribution >= 0.6 is 0 Å². The zero-order chi connectivity index (χ0) is 26.2. The van der Waals surface area contributed by atoms with Gasteiger partial charge in [0.2, 0.25) is 6.61 Å². The highest BCUT2D eigenvalue weighted by molar-refractivity contribution is 5.97. The molecular weight excluding hydrogens is 480 g/mol. The molecule has 4 bridgehead atoms. The summed E-state index contributed by atoms with van der Waals surface area (Å²) in [4.78, 5) is 37.3. The third-order valence-corrected chi connectivity index (χ3v) is 9.67. The summed E-state index contributed by atoms with van der Waals surface area (Å²) in [6, 6.07) is 9.68. The van der Waals surface area contributed by atoms with E-state index in [9.17, 15) is 9.59 Å². The lowest BCUT2D eigenvalue weighted by molar-refractivity contribution is -0.142. The molecule has 8 nitrogen and oxygen atoms in total. The van der Waals surface area contributed by atoms with Crippen LogP contribution in [0.4, 0.5) is 0 Å². The summed E-state index contributed by atoms with van der Waals surface area (Å²) in [5.74, 6) is 0.695. The van der Waals surface area contributed by atoms with Crippen molar-refractivity contribution in [3.63, 3.8) is 0 Å². The van der Waals surface area contributed by atoms with E-state index in [0.29, 0.717) is 23.8 Å². The lowest BCUT2D eigenvalue weighted by Gasteiger charge is -2.54. The standard InChI is InChI=1S/C30H40N4O4/c1-19(32-38-18-28(35)36)29-30(37)34(27-12-5-4-11-26(27)31-29)25-16-22-9-6-10-23(17-25)33(22)24-14-20-7-2-3-8-21(13-20)15-24/h4-5,11-12,20-25H,2-3,6-10,13-18H2,1H3,(H,35,36)/b32-19+/t20?,21?,22-,23+,24?,25+. The number of nitrogens with zero attached hydrogens (tertiary/aromatic N) is 4. The van der Waals surface area contributed by atoms with E-state index in [2.05, 4.69) is 15.0 Å². The van der Waals surface area contributed by atoms with Crippen molar-refractivity contribution in [2.45, 2.75) is 108 Å². The van der Waals surface area contributed by atoms with E-state index in [1.807, 2.05) is 28.8 Å². The minimum atomic E-state index is -1.11. The number of hydrogen-bond donors (Lipinski definition) is 1. The van der Waals surface area contributed by atoms with Crippen LogP contribution in [0.25, 0.3) is 11.0 Å². The molecule has 204 valence electrons. The van der Waals surface area contributed by atoms with Crippen molar-refractivity contribution in [3.8, 4) is 0 Å². The smallest absolute Gasteiger partial charge is 0.344 e. The molecule has 4 fully saturated rings. The number of carbonyl (C=O) groups is 1. The first-order valence-corrected chi connectivity index (χ1v) is 14.7. The number of aliphatic carboxylic acids is 1. The van der Waals surface area contributed by atoms with Gasteiger partial charge < -0.3 is 14.5 Å². The van der Waals surface area contributed by atoms with E-state index in [0.717, 1.165) is 35.7 Å². The van der Waals surface area contributed by atoms with Gasteiger partial charge >= 0.3 is 5.97 Å². The second kappa shape index (κ2) is 10.8. The first-order valence-electron chi connectivity index (χ1n) is 14.7. The van der Waals surface area contributed by atoms with Gasteiger partial charge in [0, 0.05) is 24.2 Å². The van der Waals surface area contributed by atoms with Crippen LogP contribution in [-0.4, -0.2) is 56.0 Å². The number of oxime groups is 1. The number of carboxylic acid groups (broad SMARTS) is 1. The van der Waals surface area contributed by atoms with Gasteiger partial charge in [-0.2, -0.15) is 0 Å². The monoisotopic (exact) mass is 520 g/mol. The average molecular weight is 521 g/mol. The molecule has 38 heavy (non-hydrogen) atoms. The number of rotatable bonds is 6. The molecule has 1 aromatic carbocycles. The summed E-state index contributed by atoms with van der Waals surface area (Å²) >= 11 is 0. The number of hydrogen-bond acceptors (Lipinski definition) is 6. The van der Waals surface area contributed by atoms with Crippen LogP contribution in [0.2, 0.25) is 0 Å². The van der Waals surface area contributed by atoms with Crippen LogP contribution in [0.1, 0.15) is 95.7 Å². The summed E-state index contributed by atoms with van der Waals surface area (Å²) in [5.41, 5.74) is 1.99. The van der Waals surface area contributed by atoms with E-state index in [4.69, 9.17) is 9.94 Å². The van der Waals surface area contributed by atoms with Gasteiger partial charge in [0.1, 0.15) is 5.71 Å². The summed E-state index contributed by atoms with van der Waals surface area (Å²) in [7, 11) is 0. The maximum absolute atomic E-state index is 13.9. The average Bonchev–Trinajstić information content (AvgIpc) is 3.06. The molecule has 0 radical (unpaired) electrons. The third-order valence-electron chi connectivity index (χ3n) is 9.67. The normalized spacial score (nSPS) is 32.1. The Morgan fingerprint density at radius 1 is 0.947 bits per heavy atom. The molecule has 5 atom stereocenters. The maximum atomic E-state index is 13.9. The highest BCUT2D eigenvalue weighted by Crippen LogP contribution is 2.46. The number of fused-ring (bicyclic) bond motifs is 5. The Morgan fingerprint density at radius 2 is 1.63 bits per heavy atom. The molecule has 1 aromatic heterocycles. The lowest BCUT2D eigenvalue weighted by Crippen LogP contribution is -2.58. The van der Waals surface area contributed by atoms with E-state index >= 15 is 0 Å². The number of benzene rings is 1. The quantitative estimate of drug-likeness (QED) is 0.419. The predicted molar refractivity (Wildman–Crippen MR) is 146 cm³/mol. The number of carboxylic acids is 1. The summed E-state index contributed by atoms with van der Waals surface area (Å²) in [6.45, 7) is 1.11. The van der Waals surface area contributed by atoms with Crippen LogP contribution in [0.5, 0.6) is 0 Å². The van der Waals surface area contributed by atoms with Crippen molar-refractivity contribution in [2.24, 2.45) is 17.0 Å². The number of aromatic nitrogens is 2. The van der Waals surface area contributed by atoms with E-state index in [1.165, 1.54) is 64.2 Å². The van der Waals surface area contributed by atoms with Gasteiger partial charge in [0.05, 0.1) is 11.0 Å². The van der Waals surface area contributed by atoms with Gasteiger partial charge in [-0.1, -0.05) is 49.4 Å². The van der Waals surface area contributed by atoms with Crippen molar-refractivity contribution >= 4 is 22.7 Å². The van der Waals surface area contributed by atoms with Gasteiger partial charge in [-0.15, -0.1) is 0 Å². The molecule has 2 saturated carbocycles. The minimum Gasteiger partial charge on any atom is -0.479 e. The minimum absolute atomic E-state index is 0.110. The molecule has 6 rings (SSSR count). The van der Waals surface area contributed by atoms with E-state index in [-0.39, 0.29) is 17.3 Å². The Labute approximate surface area is 224 Å². The number of para-hydroxylation sites is 2. The Kier molecular flexibility index (Phi) is 7.25. The van der Waals surface area contributed by atoms with Crippen LogP contribution in [0.3, 0.4) is 0 Å². The Balaban J connectivity index is 1.31. The predicted octanol–water partition coefficient (Wildman–Crippen LogP) is 5.14. The summed E-state index contributed by atoms with van der Waals surface area (Å²) < 4.78 is 1.97. The molecule has 3 heterocycles. The second-order valence-corrected chi connectivity index (χ2v) is 12.2. The molecule has 1 N–H and O–H groups in total. The largest absolute Gasteiger partial charge is 0.479 e. The van der Waals surface area contributed by atoms with Crippen LogP contribution in [0.15, 0.2) is 34.2 Å². The lowest BCUT2D eigenvalue weighted by atomic mass is 9.73. The van der Waals surface area contributed by atoms with E-state index < -0.39 is 12.6 Å². The third kappa shape index (κ3) is 4.99.